The van der Waals surface area contributed by atoms with Crippen molar-refractivity contribution in [3.8, 4) is 0 Å². The fraction of sp³-hybridized carbons (Fsp3) is 0.286. The molecular weight excluding hydrogens is 214 g/mol. The van der Waals surface area contributed by atoms with Crippen molar-refractivity contribution in [1.82, 2.24) is 0 Å². The highest BCUT2D eigenvalue weighted by molar-refractivity contribution is 7.08. The van der Waals surface area contributed by atoms with E-state index in [1.165, 1.54) is 30.5 Å². The number of unbranched alkanes of at least 4 members (excludes halogenated alkanes) is 1. The van der Waals surface area contributed by atoms with E-state index in [4.69, 9.17) is 0 Å². The van der Waals surface area contributed by atoms with Crippen molar-refractivity contribution in [1.29, 1.82) is 0 Å². The van der Waals surface area contributed by atoms with Crippen LogP contribution in [0, 0.1) is 0 Å². The Morgan fingerprint density at radius 2 is 1.88 bits per heavy atom. The van der Waals surface area contributed by atoms with Crippen LogP contribution in [0.5, 0.6) is 0 Å². The summed E-state index contributed by atoms with van der Waals surface area (Å²) in [5.74, 6) is 0. The fourth-order valence-electron chi connectivity index (χ4n) is 1.70. The standard InChI is InChI=1S/C14H17NS/c1-2-6-13(7-3-1)8-4-5-10-15-14-9-11-16-12-14/h1-3,6-7,9,11-12,15H,4-5,8,10H2. The summed E-state index contributed by atoms with van der Waals surface area (Å²) in [5, 5.41) is 7.67. The zero-order valence-corrected chi connectivity index (χ0v) is 10.2. The summed E-state index contributed by atoms with van der Waals surface area (Å²) in [4.78, 5) is 0. The molecule has 16 heavy (non-hydrogen) atoms. The first kappa shape index (κ1) is 11.2. The highest BCUT2D eigenvalue weighted by Crippen LogP contribution is 2.12. The first-order valence-electron chi connectivity index (χ1n) is 5.75. The highest BCUT2D eigenvalue weighted by Gasteiger charge is 1.93. The van der Waals surface area contributed by atoms with Gasteiger partial charge in [0, 0.05) is 17.6 Å². The molecule has 0 fully saturated rings. The molecule has 0 saturated carbocycles. The third-order valence-corrected chi connectivity index (χ3v) is 3.27. The number of hydrogen-bond donors (Lipinski definition) is 1. The second kappa shape index (κ2) is 6.33. The lowest BCUT2D eigenvalue weighted by Crippen LogP contribution is -2.00. The van der Waals surface area contributed by atoms with Crippen LogP contribution >= 0.6 is 11.3 Å². The van der Waals surface area contributed by atoms with Crippen molar-refractivity contribution < 1.29 is 0 Å². The molecule has 0 bridgehead atoms. The van der Waals surface area contributed by atoms with Gasteiger partial charge in [0.1, 0.15) is 0 Å². The maximum absolute atomic E-state index is 3.42. The maximum Gasteiger partial charge on any atom is 0.0448 e. The molecule has 2 heteroatoms. The predicted octanol–water partition coefficient (Wildman–Crippen LogP) is 4.18. The molecule has 0 spiro atoms. The minimum Gasteiger partial charge on any atom is -0.384 e. The van der Waals surface area contributed by atoms with E-state index in [1.807, 2.05) is 0 Å². The second-order valence-electron chi connectivity index (χ2n) is 3.88. The monoisotopic (exact) mass is 231 g/mol. The third-order valence-electron chi connectivity index (χ3n) is 2.59. The molecule has 0 aliphatic carbocycles. The molecule has 0 aliphatic heterocycles. The van der Waals surface area contributed by atoms with Crippen LogP contribution in [-0.4, -0.2) is 6.54 Å². The molecule has 0 saturated heterocycles. The zero-order valence-electron chi connectivity index (χ0n) is 9.36. The van der Waals surface area contributed by atoms with Crippen molar-refractivity contribution in [2.24, 2.45) is 0 Å². The Labute approximate surface area is 101 Å². The smallest absolute Gasteiger partial charge is 0.0448 e. The molecule has 0 amide bonds. The molecule has 1 aromatic carbocycles. The largest absolute Gasteiger partial charge is 0.384 e. The topological polar surface area (TPSA) is 12.0 Å². The minimum absolute atomic E-state index is 1.07. The van der Waals surface area contributed by atoms with Crippen molar-refractivity contribution >= 4 is 17.0 Å². The molecule has 1 nitrogen and oxygen atoms in total. The van der Waals surface area contributed by atoms with E-state index in [-0.39, 0.29) is 0 Å². The maximum atomic E-state index is 3.42. The van der Waals surface area contributed by atoms with Gasteiger partial charge in [0.05, 0.1) is 0 Å². The summed E-state index contributed by atoms with van der Waals surface area (Å²) >= 11 is 1.74. The van der Waals surface area contributed by atoms with Gasteiger partial charge < -0.3 is 5.32 Å². The Kier molecular flexibility index (Phi) is 4.44. The van der Waals surface area contributed by atoms with E-state index >= 15 is 0 Å². The van der Waals surface area contributed by atoms with Gasteiger partial charge in [-0.15, -0.1) is 0 Å². The van der Waals surface area contributed by atoms with Gasteiger partial charge >= 0.3 is 0 Å². The average molecular weight is 231 g/mol. The van der Waals surface area contributed by atoms with E-state index < -0.39 is 0 Å². The van der Waals surface area contributed by atoms with Crippen molar-refractivity contribution in [2.45, 2.75) is 19.3 Å². The van der Waals surface area contributed by atoms with E-state index in [0.717, 1.165) is 6.54 Å². The van der Waals surface area contributed by atoms with Crippen LogP contribution in [-0.2, 0) is 6.42 Å². The number of benzene rings is 1. The van der Waals surface area contributed by atoms with Crippen LogP contribution in [0.1, 0.15) is 18.4 Å². The highest BCUT2D eigenvalue weighted by atomic mass is 32.1. The Hall–Kier alpha value is -1.28. The molecule has 84 valence electrons. The van der Waals surface area contributed by atoms with Crippen molar-refractivity contribution in [2.75, 3.05) is 11.9 Å². The molecule has 2 rings (SSSR count). The van der Waals surface area contributed by atoms with Gasteiger partial charge in [-0.3, -0.25) is 0 Å². The van der Waals surface area contributed by atoms with Gasteiger partial charge in [-0.1, -0.05) is 30.3 Å². The summed E-state index contributed by atoms with van der Waals surface area (Å²) < 4.78 is 0. The number of rotatable bonds is 6. The molecule has 1 N–H and O–H groups in total. The number of hydrogen-bond acceptors (Lipinski definition) is 2. The predicted molar refractivity (Wildman–Crippen MR) is 72.2 cm³/mol. The Morgan fingerprint density at radius 1 is 1.00 bits per heavy atom. The average Bonchev–Trinajstić information content (AvgIpc) is 2.83. The molecule has 0 atom stereocenters. The van der Waals surface area contributed by atoms with Gasteiger partial charge in [0.15, 0.2) is 0 Å². The van der Waals surface area contributed by atoms with Gasteiger partial charge in [-0.2, -0.15) is 11.3 Å². The van der Waals surface area contributed by atoms with Gasteiger partial charge in [0.2, 0.25) is 0 Å². The third kappa shape index (κ3) is 3.70. The van der Waals surface area contributed by atoms with Gasteiger partial charge in [0.25, 0.3) is 0 Å². The van der Waals surface area contributed by atoms with Gasteiger partial charge in [-0.05, 0) is 36.3 Å². The van der Waals surface area contributed by atoms with E-state index in [1.54, 1.807) is 11.3 Å². The minimum atomic E-state index is 1.07. The van der Waals surface area contributed by atoms with E-state index in [2.05, 4.69) is 52.5 Å². The summed E-state index contributed by atoms with van der Waals surface area (Å²) in [6, 6.07) is 12.8. The van der Waals surface area contributed by atoms with Crippen LogP contribution < -0.4 is 5.32 Å². The number of aryl methyl sites for hydroxylation is 1. The molecule has 1 heterocycles. The summed E-state index contributed by atoms with van der Waals surface area (Å²) in [6.07, 6.45) is 3.66. The van der Waals surface area contributed by atoms with Crippen LogP contribution in [0.4, 0.5) is 5.69 Å². The number of thiophene rings is 1. The van der Waals surface area contributed by atoms with E-state index in [0.29, 0.717) is 0 Å². The normalized spacial score (nSPS) is 10.2. The first-order valence-corrected chi connectivity index (χ1v) is 6.69. The number of nitrogens with one attached hydrogen (secondary N) is 1. The number of anilines is 1. The summed E-state index contributed by atoms with van der Waals surface area (Å²) in [7, 11) is 0. The molecule has 2 aromatic rings. The van der Waals surface area contributed by atoms with Crippen LogP contribution in [0.15, 0.2) is 47.2 Å². The van der Waals surface area contributed by atoms with Crippen LogP contribution in [0.25, 0.3) is 0 Å². The Morgan fingerprint density at radius 3 is 2.62 bits per heavy atom. The van der Waals surface area contributed by atoms with Crippen molar-refractivity contribution in [3.63, 3.8) is 0 Å². The van der Waals surface area contributed by atoms with E-state index in [9.17, 15) is 0 Å². The zero-order chi connectivity index (χ0) is 11.1. The lowest BCUT2D eigenvalue weighted by Gasteiger charge is -2.04. The summed E-state index contributed by atoms with van der Waals surface area (Å²) in [5.41, 5.74) is 2.70. The Bertz CT molecular complexity index is 380. The SMILES string of the molecule is c1ccc(CCCCNc2ccsc2)cc1. The van der Waals surface area contributed by atoms with Crippen LogP contribution in [0.2, 0.25) is 0 Å². The summed E-state index contributed by atoms with van der Waals surface area (Å²) in [6.45, 7) is 1.07. The van der Waals surface area contributed by atoms with Gasteiger partial charge in [-0.25, -0.2) is 0 Å². The molecule has 0 radical (unpaired) electrons. The Balaban J connectivity index is 1.59. The first-order chi connectivity index (χ1) is 7.95. The molecule has 0 unspecified atom stereocenters. The fourth-order valence-corrected chi connectivity index (χ4v) is 2.31. The lowest BCUT2D eigenvalue weighted by atomic mass is 10.1. The van der Waals surface area contributed by atoms with Crippen LogP contribution in [0.3, 0.4) is 0 Å². The second-order valence-corrected chi connectivity index (χ2v) is 4.66. The lowest BCUT2D eigenvalue weighted by molar-refractivity contribution is 0.763. The molecular formula is C14H17NS. The molecule has 0 aliphatic rings. The molecule has 1 aromatic heterocycles. The van der Waals surface area contributed by atoms with Crippen molar-refractivity contribution in [3.05, 3.63) is 52.7 Å². The quantitative estimate of drug-likeness (QED) is 0.735.